The number of aryl methyl sites for hydroxylation is 2. The second kappa shape index (κ2) is 9.33. The van der Waals surface area contributed by atoms with Crippen LogP contribution in [-0.4, -0.2) is 37.5 Å². The fourth-order valence-electron chi connectivity index (χ4n) is 3.04. The zero-order valence-corrected chi connectivity index (χ0v) is 17.0. The first kappa shape index (κ1) is 19.8. The first-order chi connectivity index (χ1) is 13.5. The van der Waals surface area contributed by atoms with Gasteiger partial charge in [0, 0.05) is 32.5 Å². The predicted octanol–water partition coefficient (Wildman–Crippen LogP) is 4.53. The third-order valence-corrected chi connectivity index (χ3v) is 4.55. The van der Waals surface area contributed by atoms with Crippen LogP contribution in [0.2, 0.25) is 0 Å². The first-order valence-electron chi connectivity index (χ1n) is 9.42. The van der Waals surface area contributed by atoms with Crippen LogP contribution in [0.4, 0.5) is 5.69 Å². The molecule has 1 heterocycles. The Morgan fingerprint density at radius 3 is 2.64 bits per heavy atom. The molecule has 0 fully saturated rings. The SMILES string of the molecule is COCCN(C)c1cc(C)ccc1/C=C/c1nnc(Cc2cccc(C)c2)o1. The molecule has 0 unspecified atom stereocenters. The standard InChI is InChI=1S/C23H27N3O2/c1-17-6-5-7-19(14-17)16-23-25-24-22(28-23)11-10-20-9-8-18(2)15-21(20)26(3)12-13-27-4/h5-11,14-15H,12-13,16H2,1-4H3/b11-10+. The van der Waals surface area contributed by atoms with Gasteiger partial charge in [0.25, 0.3) is 0 Å². The summed E-state index contributed by atoms with van der Waals surface area (Å²) in [6.45, 7) is 5.67. The van der Waals surface area contributed by atoms with Gasteiger partial charge in [-0.15, -0.1) is 10.2 Å². The number of methoxy groups -OCH3 is 1. The lowest BCUT2D eigenvalue weighted by Crippen LogP contribution is -2.22. The van der Waals surface area contributed by atoms with Gasteiger partial charge < -0.3 is 14.1 Å². The largest absolute Gasteiger partial charge is 0.421 e. The quantitative estimate of drug-likeness (QED) is 0.577. The van der Waals surface area contributed by atoms with E-state index in [1.54, 1.807) is 7.11 Å². The number of rotatable bonds is 8. The Morgan fingerprint density at radius 1 is 1.04 bits per heavy atom. The van der Waals surface area contributed by atoms with E-state index in [-0.39, 0.29) is 0 Å². The Bertz CT molecular complexity index is 947. The molecule has 2 aromatic carbocycles. The Kier molecular flexibility index (Phi) is 6.61. The zero-order chi connectivity index (χ0) is 19.9. The normalized spacial score (nSPS) is 11.3. The van der Waals surface area contributed by atoms with Crippen LogP contribution in [-0.2, 0) is 11.2 Å². The minimum Gasteiger partial charge on any atom is -0.421 e. The van der Waals surface area contributed by atoms with Crippen LogP contribution in [0.3, 0.4) is 0 Å². The average Bonchev–Trinajstić information content (AvgIpc) is 3.12. The molecule has 5 nitrogen and oxygen atoms in total. The van der Waals surface area contributed by atoms with E-state index in [1.807, 2.05) is 18.2 Å². The molecule has 0 spiro atoms. The van der Waals surface area contributed by atoms with E-state index in [1.165, 1.54) is 16.7 Å². The van der Waals surface area contributed by atoms with Crippen molar-refractivity contribution in [2.75, 3.05) is 32.2 Å². The van der Waals surface area contributed by atoms with Crippen molar-refractivity contribution in [3.63, 3.8) is 0 Å². The molecule has 0 aliphatic rings. The molecule has 0 N–H and O–H groups in total. The van der Waals surface area contributed by atoms with Crippen LogP contribution in [0.1, 0.15) is 34.0 Å². The van der Waals surface area contributed by atoms with Gasteiger partial charge in [-0.3, -0.25) is 0 Å². The van der Waals surface area contributed by atoms with E-state index in [0.717, 1.165) is 17.8 Å². The summed E-state index contributed by atoms with van der Waals surface area (Å²) in [6.07, 6.45) is 4.52. The average molecular weight is 377 g/mol. The second-order valence-electron chi connectivity index (χ2n) is 7.01. The Morgan fingerprint density at radius 2 is 1.86 bits per heavy atom. The lowest BCUT2D eigenvalue weighted by molar-refractivity contribution is 0.206. The third-order valence-electron chi connectivity index (χ3n) is 4.55. The molecule has 1 aromatic heterocycles. The number of ether oxygens (including phenoxy) is 1. The number of hydrogen-bond acceptors (Lipinski definition) is 5. The highest BCUT2D eigenvalue weighted by atomic mass is 16.5. The number of likely N-dealkylation sites (N-methyl/N-ethyl adjacent to an activating group) is 1. The number of aromatic nitrogens is 2. The van der Waals surface area contributed by atoms with Gasteiger partial charge in [0.2, 0.25) is 11.8 Å². The van der Waals surface area contributed by atoms with Crippen LogP contribution in [0.15, 0.2) is 46.9 Å². The van der Waals surface area contributed by atoms with E-state index < -0.39 is 0 Å². The first-order valence-corrected chi connectivity index (χ1v) is 9.42. The van der Waals surface area contributed by atoms with Crippen molar-refractivity contribution >= 4 is 17.8 Å². The Labute approximate surface area is 166 Å². The van der Waals surface area contributed by atoms with E-state index in [9.17, 15) is 0 Å². The monoisotopic (exact) mass is 377 g/mol. The van der Waals surface area contributed by atoms with Gasteiger partial charge in [0.05, 0.1) is 13.0 Å². The molecular formula is C23H27N3O2. The molecule has 28 heavy (non-hydrogen) atoms. The van der Waals surface area contributed by atoms with Gasteiger partial charge in [-0.05, 0) is 42.7 Å². The van der Waals surface area contributed by atoms with Gasteiger partial charge in [0.1, 0.15) is 0 Å². The van der Waals surface area contributed by atoms with Crippen molar-refractivity contribution in [3.8, 4) is 0 Å². The molecule has 0 bridgehead atoms. The highest BCUT2D eigenvalue weighted by Gasteiger charge is 2.08. The molecule has 0 amide bonds. The highest BCUT2D eigenvalue weighted by Crippen LogP contribution is 2.23. The van der Waals surface area contributed by atoms with E-state index >= 15 is 0 Å². The maximum atomic E-state index is 5.80. The van der Waals surface area contributed by atoms with Crippen molar-refractivity contribution in [1.82, 2.24) is 10.2 Å². The summed E-state index contributed by atoms with van der Waals surface area (Å²) in [5.41, 5.74) is 5.85. The molecule has 0 aliphatic heterocycles. The molecule has 0 radical (unpaired) electrons. The van der Waals surface area contributed by atoms with Gasteiger partial charge in [-0.1, -0.05) is 42.0 Å². The third kappa shape index (κ3) is 5.30. The van der Waals surface area contributed by atoms with Gasteiger partial charge in [-0.2, -0.15) is 0 Å². The Hall–Kier alpha value is -2.92. The summed E-state index contributed by atoms with van der Waals surface area (Å²) in [5, 5.41) is 8.33. The summed E-state index contributed by atoms with van der Waals surface area (Å²) in [4.78, 5) is 2.19. The van der Waals surface area contributed by atoms with E-state index in [2.05, 4.69) is 72.4 Å². The molecule has 0 aliphatic carbocycles. The molecule has 3 aromatic rings. The van der Waals surface area contributed by atoms with Crippen molar-refractivity contribution < 1.29 is 9.15 Å². The minimum absolute atomic E-state index is 0.508. The van der Waals surface area contributed by atoms with Gasteiger partial charge in [-0.25, -0.2) is 0 Å². The van der Waals surface area contributed by atoms with Crippen molar-refractivity contribution in [1.29, 1.82) is 0 Å². The highest BCUT2D eigenvalue weighted by molar-refractivity contribution is 5.75. The lowest BCUT2D eigenvalue weighted by atomic mass is 10.1. The van der Waals surface area contributed by atoms with Crippen LogP contribution >= 0.6 is 0 Å². The zero-order valence-electron chi connectivity index (χ0n) is 17.0. The lowest BCUT2D eigenvalue weighted by Gasteiger charge is -2.21. The van der Waals surface area contributed by atoms with Crippen LogP contribution < -0.4 is 4.90 Å². The van der Waals surface area contributed by atoms with Crippen molar-refractivity contribution in [3.05, 3.63) is 76.5 Å². The fourth-order valence-corrected chi connectivity index (χ4v) is 3.04. The van der Waals surface area contributed by atoms with Crippen molar-refractivity contribution in [2.45, 2.75) is 20.3 Å². The summed E-state index contributed by atoms with van der Waals surface area (Å²) in [6, 6.07) is 14.7. The molecule has 146 valence electrons. The maximum Gasteiger partial charge on any atom is 0.240 e. The maximum absolute atomic E-state index is 5.80. The number of benzene rings is 2. The molecule has 0 saturated heterocycles. The van der Waals surface area contributed by atoms with Crippen LogP contribution in [0.5, 0.6) is 0 Å². The predicted molar refractivity (Wildman–Crippen MR) is 114 cm³/mol. The second-order valence-corrected chi connectivity index (χ2v) is 7.01. The molecule has 0 saturated carbocycles. The van der Waals surface area contributed by atoms with Gasteiger partial charge >= 0.3 is 0 Å². The summed E-state index contributed by atoms with van der Waals surface area (Å²) < 4.78 is 11.0. The molecular weight excluding hydrogens is 350 g/mol. The smallest absolute Gasteiger partial charge is 0.240 e. The number of nitrogens with zero attached hydrogens (tertiary/aromatic N) is 3. The topological polar surface area (TPSA) is 51.4 Å². The van der Waals surface area contributed by atoms with E-state index in [0.29, 0.717) is 24.8 Å². The fraction of sp³-hybridized carbons (Fsp3) is 0.304. The summed E-state index contributed by atoms with van der Waals surface area (Å²) in [7, 11) is 3.78. The van der Waals surface area contributed by atoms with Crippen LogP contribution in [0, 0.1) is 13.8 Å². The van der Waals surface area contributed by atoms with E-state index in [4.69, 9.17) is 9.15 Å². The Balaban J connectivity index is 1.74. The minimum atomic E-state index is 0.508. The number of hydrogen-bond donors (Lipinski definition) is 0. The summed E-state index contributed by atoms with van der Waals surface area (Å²) in [5.74, 6) is 1.13. The van der Waals surface area contributed by atoms with Gasteiger partial charge in [0.15, 0.2) is 0 Å². The van der Waals surface area contributed by atoms with Crippen LogP contribution in [0.25, 0.3) is 12.2 Å². The molecule has 0 atom stereocenters. The molecule has 3 rings (SSSR count). The molecule has 5 heteroatoms. The van der Waals surface area contributed by atoms with Crippen molar-refractivity contribution in [2.24, 2.45) is 0 Å². The number of anilines is 1. The summed E-state index contributed by atoms with van der Waals surface area (Å²) >= 11 is 0.